The van der Waals surface area contributed by atoms with Crippen LogP contribution in [0.2, 0.25) is 0 Å². The highest BCUT2D eigenvalue weighted by Crippen LogP contribution is 2.33. The molecule has 0 saturated carbocycles. The number of amides is 2. The number of ketones is 1. The summed E-state index contributed by atoms with van der Waals surface area (Å²) in [6, 6.07) is 11.8. The Labute approximate surface area is 210 Å². The standard InChI is InChI=1S/C25H30N4O6S/c1-2-8-20(27-25(32)35-16-18-9-4-3-5-10-18)24(31)28-14-12-21-23(28)22(30)15-29(21)36(33,34)17-19-11-6-7-13-26-19/h3-7,9-11,13,20-21,23H,2,8,12,14-17H2,1H3,(H,27,32). The molecule has 11 heteroatoms. The molecule has 2 saturated heterocycles. The summed E-state index contributed by atoms with van der Waals surface area (Å²) in [5, 5.41) is 2.63. The summed E-state index contributed by atoms with van der Waals surface area (Å²) in [6.45, 7) is 1.90. The van der Waals surface area contributed by atoms with Crippen molar-refractivity contribution in [3.05, 3.63) is 66.0 Å². The van der Waals surface area contributed by atoms with Gasteiger partial charge in [0, 0.05) is 12.7 Å². The third kappa shape index (κ3) is 5.73. The lowest BCUT2D eigenvalue weighted by Gasteiger charge is -2.28. The van der Waals surface area contributed by atoms with Gasteiger partial charge in [-0.2, -0.15) is 4.31 Å². The first-order valence-corrected chi connectivity index (χ1v) is 13.6. The first kappa shape index (κ1) is 25.8. The zero-order valence-electron chi connectivity index (χ0n) is 20.1. The Bertz CT molecular complexity index is 1190. The summed E-state index contributed by atoms with van der Waals surface area (Å²) >= 11 is 0. The maximum absolute atomic E-state index is 13.4. The number of pyridine rings is 1. The predicted molar refractivity (Wildman–Crippen MR) is 131 cm³/mol. The second-order valence-electron chi connectivity index (χ2n) is 8.97. The van der Waals surface area contributed by atoms with E-state index in [0.29, 0.717) is 25.0 Å². The molecule has 192 valence electrons. The van der Waals surface area contributed by atoms with E-state index in [-0.39, 0.29) is 31.2 Å². The minimum Gasteiger partial charge on any atom is -0.445 e. The zero-order valence-corrected chi connectivity index (χ0v) is 20.9. The molecular weight excluding hydrogens is 484 g/mol. The molecule has 36 heavy (non-hydrogen) atoms. The predicted octanol–water partition coefficient (Wildman–Crippen LogP) is 1.86. The van der Waals surface area contributed by atoms with Gasteiger partial charge in [0.1, 0.15) is 24.4 Å². The Hall–Kier alpha value is -3.31. The van der Waals surface area contributed by atoms with Crippen LogP contribution in [0.15, 0.2) is 54.7 Å². The van der Waals surface area contributed by atoms with Crippen molar-refractivity contribution in [1.29, 1.82) is 0 Å². The maximum atomic E-state index is 13.4. The summed E-state index contributed by atoms with van der Waals surface area (Å²) < 4.78 is 32.7. The normalized spacial score (nSPS) is 20.7. The van der Waals surface area contributed by atoms with Crippen molar-refractivity contribution in [3.63, 3.8) is 0 Å². The Balaban J connectivity index is 1.42. The highest BCUT2D eigenvalue weighted by atomic mass is 32.2. The molecule has 0 bridgehead atoms. The van der Waals surface area contributed by atoms with E-state index >= 15 is 0 Å². The van der Waals surface area contributed by atoms with E-state index in [4.69, 9.17) is 4.74 Å². The van der Waals surface area contributed by atoms with Crippen molar-refractivity contribution < 1.29 is 27.5 Å². The summed E-state index contributed by atoms with van der Waals surface area (Å²) in [4.78, 5) is 44.2. The SMILES string of the molecule is CCCC(NC(=O)OCc1ccccc1)C(=O)N1CCC2C1C(=O)CN2S(=O)(=O)Cc1ccccn1. The van der Waals surface area contributed by atoms with Crippen LogP contribution in [0, 0.1) is 0 Å². The summed E-state index contributed by atoms with van der Waals surface area (Å²) in [7, 11) is -3.81. The molecule has 3 atom stereocenters. The number of fused-ring (bicyclic) bond motifs is 1. The van der Waals surface area contributed by atoms with Gasteiger partial charge in [-0.15, -0.1) is 0 Å². The van der Waals surface area contributed by atoms with Gasteiger partial charge in [0.15, 0.2) is 5.78 Å². The fourth-order valence-electron chi connectivity index (χ4n) is 4.79. The van der Waals surface area contributed by atoms with Crippen LogP contribution in [-0.2, 0) is 36.7 Å². The molecule has 0 aliphatic carbocycles. The smallest absolute Gasteiger partial charge is 0.408 e. The van der Waals surface area contributed by atoms with Gasteiger partial charge in [0.25, 0.3) is 0 Å². The molecule has 2 aliphatic rings. The molecule has 2 aromatic rings. The van der Waals surface area contributed by atoms with Gasteiger partial charge < -0.3 is 15.0 Å². The van der Waals surface area contributed by atoms with E-state index in [9.17, 15) is 22.8 Å². The van der Waals surface area contributed by atoms with Gasteiger partial charge >= 0.3 is 6.09 Å². The molecule has 1 N–H and O–H groups in total. The Morgan fingerprint density at radius 3 is 2.61 bits per heavy atom. The summed E-state index contributed by atoms with van der Waals surface area (Å²) in [6.07, 6.45) is 2.13. The van der Waals surface area contributed by atoms with E-state index in [0.717, 1.165) is 5.56 Å². The monoisotopic (exact) mass is 514 g/mol. The fourth-order valence-corrected chi connectivity index (χ4v) is 6.46. The highest BCUT2D eigenvalue weighted by molar-refractivity contribution is 7.88. The average Bonchev–Trinajstić information content (AvgIpc) is 3.44. The Morgan fingerprint density at radius 1 is 1.17 bits per heavy atom. The van der Waals surface area contributed by atoms with Gasteiger partial charge in [0.2, 0.25) is 15.9 Å². The van der Waals surface area contributed by atoms with Crippen LogP contribution in [0.4, 0.5) is 4.79 Å². The van der Waals surface area contributed by atoms with E-state index in [1.165, 1.54) is 15.4 Å². The molecule has 4 rings (SSSR count). The number of alkyl carbamates (subject to hydrolysis) is 1. The molecule has 1 aromatic carbocycles. The van der Waals surface area contributed by atoms with Crippen molar-refractivity contribution >= 4 is 27.8 Å². The van der Waals surface area contributed by atoms with Gasteiger partial charge in [-0.3, -0.25) is 14.6 Å². The molecule has 2 fully saturated rings. The van der Waals surface area contributed by atoms with E-state index in [2.05, 4.69) is 10.3 Å². The van der Waals surface area contributed by atoms with Crippen molar-refractivity contribution in [2.75, 3.05) is 13.1 Å². The second-order valence-corrected chi connectivity index (χ2v) is 10.9. The largest absolute Gasteiger partial charge is 0.445 e. The molecule has 1 aromatic heterocycles. The Kier molecular flexibility index (Phi) is 8.00. The van der Waals surface area contributed by atoms with Crippen LogP contribution < -0.4 is 5.32 Å². The van der Waals surface area contributed by atoms with Crippen LogP contribution >= 0.6 is 0 Å². The quantitative estimate of drug-likeness (QED) is 0.541. The minimum absolute atomic E-state index is 0.0652. The third-order valence-corrected chi connectivity index (χ3v) is 8.23. The number of benzene rings is 1. The number of rotatable bonds is 9. The van der Waals surface area contributed by atoms with E-state index in [1.807, 2.05) is 37.3 Å². The molecule has 10 nitrogen and oxygen atoms in total. The average molecular weight is 515 g/mol. The molecule has 0 radical (unpaired) electrons. The number of carbonyl (C=O) groups is 3. The van der Waals surface area contributed by atoms with Crippen molar-refractivity contribution in [2.24, 2.45) is 0 Å². The van der Waals surface area contributed by atoms with Crippen LogP contribution in [0.25, 0.3) is 0 Å². The van der Waals surface area contributed by atoms with Crippen LogP contribution in [0.1, 0.15) is 37.4 Å². The van der Waals surface area contributed by atoms with Crippen LogP contribution in [0.3, 0.4) is 0 Å². The van der Waals surface area contributed by atoms with Crippen LogP contribution in [0.5, 0.6) is 0 Å². The highest BCUT2D eigenvalue weighted by Gasteiger charge is 2.54. The van der Waals surface area contributed by atoms with Gasteiger partial charge in [-0.1, -0.05) is 49.7 Å². The first-order valence-electron chi connectivity index (χ1n) is 12.0. The maximum Gasteiger partial charge on any atom is 0.408 e. The third-order valence-electron chi connectivity index (χ3n) is 6.45. The van der Waals surface area contributed by atoms with E-state index < -0.39 is 40.1 Å². The van der Waals surface area contributed by atoms with E-state index in [1.54, 1.807) is 18.2 Å². The topological polar surface area (TPSA) is 126 Å². The van der Waals surface area contributed by atoms with Crippen LogP contribution in [-0.4, -0.2) is 71.6 Å². The number of hydrogen-bond acceptors (Lipinski definition) is 7. The number of nitrogens with one attached hydrogen (secondary N) is 1. The first-order chi connectivity index (χ1) is 17.3. The fraction of sp³-hybridized carbons (Fsp3) is 0.440. The van der Waals surface area contributed by atoms with Crippen molar-refractivity contribution in [2.45, 2.75) is 56.7 Å². The zero-order chi connectivity index (χ0) is 25.7. The number of Topliss-reactive ketones (excluding diaryl/α,β-unsaturated/α-hetero) is 1. The molecular formula is C25H30N4O6S. The number of carbonyl (C=O) groups excluding carboxylic acids is 3. The number of aromatic nitrogens is 1. The van der Waals surface area contributed by atoms with Crippen molar-refractivity contribution in [3.8, 4) is 0 Å². The molecule has 3 unspecified atom stereocenters. The molecule has 0 spiro atoms. The molecule has 2 amide bonds. The van der Waals surface area contributed by atoms with Gasteiger partial charge in [-0.25, -0.2) is 13.2 Å². The number of likely N-dealkylation sites (tertiary alicyclic amines) is 1. The lowest BCUT2D eigenvalue weighted by Crippen LogP contribution is -2.52. The lowest BCUT2D eigenvalue weighted by atomic mass is 10.1. The number of nitrogens with zero attached hydrogens (tertiary/aromatic N) is 3. The number of hydrogen-bond donors (Lipinski definition) is 1. The van der Waals surface area contributed by atoms with Gasteiger partial charge in [-0.05, 0) is 30.5 Å². The Morgan fingerprint density at radius 2 is 1.92 bits per heavy atom. The minimum atomic E-state index is -3.81. The number of sulfonamides is 1. The number of ether oxygens (including phenoxy) is 1. The van der Waals surface area contributed by atoms with Gasteiger partial charge in [0.05, 0.1) is 18.3 Å². The second kappa shape index (κ2) is 11.2. The lowest BCUT2D eigenvalue weighted by molar-refractivity contribution is -0.138. The molecule has 2 aliphatic heterocycles. The summed E-state index contributed by atoms with van der Waals surface area (Å²) in [5.74, 6) is -1.04. The summed E-state index contributed by atoms with van der Waals surface area (Å²) in [5.41, 5.74) is 1.21. The molecule has 3 heterocycles. The van der Waals surface area contributed by atoms with Crippen molar-refractivity contribution in [1.82, 2.24) is 19.5 Å².